The summed E-state index contributed by atoms with van der Waals surface area (Å²) in [5.74, 6) is -0.700. The number of nitrogens with one attached hydrogen (secondary N) is 1. The lowest BCUT2D eigenvalue weighted by molar-refractivity contribution is 0.493. The van der Waals surface area contributed by atoms with E-state index in [0.29, 0.717) is 12.0 Å². The van der Waals surface area contributed by atoms with Crippen molar-refractivity contribution >= 4 is 0 Å². The molecule has 0 heterocycles. The van der Waals surface area contributed by atoms with Crippen molar-refractivity contribution in [1.82, 2.24) is 5.32 Å². The predicted molar refractivity (Wildman–Crippen MR) is 82.2 cm³/mol. The van der Waals surface area contributed by atoms with Crippen molar-refractivity contribution in [2.75, 3.05) is 6.54 Å². The van der Waals surface area contributed by atoms with Crippen LogP contribution in [0.4, 0.5) is 8.78 Å². The number of hydrogen-bond acceptors (Lipinski definition) is 1. The smallest absolute Gasteiger partial charge is 0.126 e. The maximum absolute atomic E-state index is 13.6. The van der Waals surface area contributed by atoms with Gasteiger partial charge in [-0.05, 0) is 55.1 Å². The van der Waals surface area contributed by atoms with Crippen LogP contribution in [0.25, 0.3) is 0 Å². The van der Waals surface area contributed by atoms with Gasteiger partial charge in [0.25, 0.3) is 0 Å². The first-order valence-electron chi connectivity index (χ1n) is 7.43. The summed E-state index contributed by atoms with van der Waals surface area (Å²) in [6.07, 6.45) is 2.26. The highest BCUT2D eigenvalue weighted by atomic mass is 19.1. The number of hydrogen-bond donors (Lipinski definition) is 1. The van der Waals surface area contributed by atoms with E-state index >= 15 is 0 Å². The normalized spacial score (nSPS) is 12.3. The van der Waals surface area contributed by atoms with Gasteiger partial charge >= 0.3 is 0 Å². The molecule has 1 N–H and O–H groups in total. The monoisotopic (exact) mass is 289 g/mol. The Morgan fingerprint density at radius 2 is 1.81 bits per heavy atom. The highest BCUT2D eigenvalue weighted by Gasteiger charge is 2.10. The predicted octanol–water partition coefficient (Wildman–Crippen LogP) is 4.64. The zero-order valence-electron chi connectivity index (χ0n) is 12.3. The van der Waals surface area contributed by atoms with E-state index in [0.717, 1.165) is 25.5 Å². The molecular weight excluding hydrogens is 268 g/mol. The summed E-state index contributed by atoms with van der Waals surface area (Å²) in [4.78, 5) is 0. The van der Waals surface area contributed by atoms with Gasteiger partial charge in [-0.15, -0.1) is 0 Å². The highest BCUT2D eigenvalue weighted by molar-refractivity contribution is 5.20. The van der Waals surface area contributed by atoms with E-state index in [1.54, 1.807) is 0 Å². The second kappa shape index (κ2) is 7.89. The third-order valence-corrected chi connectivity index (χ3v) is 3.60. The molecule has 2 rings (SSSR count). The fourth-order valence-corrected chi connectivity index (χ4v) is 2.55. The molecule has 0 aromatic heterocycles. The minimum Gasteiger partial charge on any atom is -0.310 e. The largest absolute Gasteiger partial charge is 0.310 e. The van der Waals surface area contributed by atoms with Crippen molar-refractivity contribution in [3.05, 3.63) is 71.3 Å². The van der Waals surface area contributed by atoms with E-state index in [4.69, 9.17) is 0 Å². The SMILES string of the molecule is CCNC(CCCc1cc(F)ccc1F)c1ccccc1. The van der Waals surface area contributed by atoms with Crippen LogP contribution in [-0.4, -0.2) is 6.54 Å². The molecule has 0 spiro atoms. The standard InChI is InChI=1S/C18H21F2N/c1-2-21-18(14-7-4-3-5-8-14)10-6-9-15-13-16(19)11-12-17(15)20/h3-5,7-8,11-13,18,21H,2,6,9-10H2,1H3. The molecule has 21 heavy (non-hydrogen) atoms. The number of aryl methyl sites for hydroxylation is 1. The molecule has 1 nitrogen and oxygen atoms in total. The van der Waals surface area contributed by atoms with Gasteiger partial charge in [0, 0.05) is 6.04 Å². The van der Waals surface area contributed by atoms with Crippen molar-refractivity contribution in [3.8, 4) is 0 Å². The van der Waals surface area contributed by atoms with E-state index in [-0.39, 0.29) is 17.7 Å². The molecule has 0 saturated heterocycles. The molecule has 0 aliphatic carbocycles. The first-order valence-corrected chi connectivity index (χ1v) is 7.43. The molecule has 3 heteroatoms. The van der Waals surface area contributed by atoms with Crippen LogP contribution in [0.1, 0.15) is 36.9 Å². The Labute approximate surface area is 125 Å². The lowest BCUT2D eigenvalue weighted by Crippen LogP contribution is -2.21. The second-order valence-corrected chi connectivity index (χ2v) is 5.15. The Bertz CT molecular complexity index is 554. The zero-order chi connectivity index (χ0) is 15.1. The molecule has 0 radical (unpaired) electrons. The molecule has 0 amide bonds. The first-order chi connectivity index (χ1) is 10.2. The van der Waals surface area contributed by atoms with Crippen molar-refractivity contribution in [3.63, 3.8) is 0 Å². The summed E-state index contributed by atoms with van der Waals surface area (Å²) in [6.45, 7) is 2.95. The fraction of sp³-hybridized carbons (Fsp3) is 0.333. The van der Waals surface area contributed by atoms with Gasteiger partial charge in [-0.2, -0.15) is 0 Å². The van der Waals surface area contributed by atoms with Crippen LogP contribution >= 0.6 is 0 Å². The molecule has 1 unspecified atom stereocenters. The van der Waals surface area contributed by atoms with Crippen LogP contribution in [0, 0.1) is 11.6 Å². The quantitative estimate of drug-likeness (QED) is 0.783. The highest BCUT2D eigenvalue weighted by Crippen LogP contribution is 2.20. The molecule has 0 aliphatic heterocycles. The Kier molecular flexibility index (Phi) is 5.88. The fourth-order valence-electron chi connectivity index (χ4n) is 2.55. The lowest BCUT2D eigenvalue weighted by Gasteiger charge is -2.18. The van der Waals surface area contributed by atoms with Gasteiger partial charge in [0.05, 0.1) is 0 Å². The topological polar surface area (TPSA) is 12.0 Å². The Morgan fingerprint density at radius 3 is 2.52 bits per heavy atom. The Hall–Kier alpha value is -1.74. The van der Waals surface area contributed by atoms with Crippen molar-refractivity contribution in [2.45, 2.75) is 32.2 Å². The summed E-state index contributed by atoms with van der Waals surface area (Å²) < 4.78 is 26.7. The molecule has 2 aromatic rings. The van der Waals surface area contributed by atoms with E-state index in [1.807, 2.05) is 18.2 Å². The van der Waals surface area contributed by atoms with Gasteiger partial charge in [-0.1, -0.05) is 37.3 Å². The van der Waals surface area contributed by atoms with E-state index in [1.165, 1.54) is 17.7 Å². The summed E-state index contributed by atoms with van der Waals surface area (Å²) in [6, 6.07) is 14.1. The number of benzene rings is 2. The average molecular weight is 289 g/mol. The molecular formula is C18H21F2N. The maximum atomic E-state index is 13.6. The van der Waals surface area contributed by atoms with Gasteiger partial charge in [0.2, 0.25) is 0 Å². The van der Waals surface area contributed by atoms with Gasteiger partial charge in [-0.25, -0.2) is 8.78 Å². The third-order valence-electron chi connectivity index (χ3n) is 3.60. The summed E-state index contributed by atoms with van der Waals surface area (Å²) in [7, 11) is 0. The van der Waals surface area contributed by atoms with Crippen LogP contribution in [0.2, 0.25) is 0 Å². The zero-order valence-corrected chi connectivity index (χ0v) is 12.3. The van der Waals surface area contributed by atoms with Crippen molar-refractivity contribution in [2.24, 2.45) is 0 Å². The Balaban J connectivity index is 1.95. The van der Waals surface area contributed by atoms with Crippen LogP contribution in [0.15, 0.2) is 48.5 Å². The summed E-state index contributed by atoms with van der Waals surface area (Å²) >= 11 is 0. The molecule has 112 valence electrons. The first kappa shape index (κ1) is 15.6. The number of halogens is 2. The second-order valence-electron chi connectivity index (χ2n) is 5.15. The summed E-state index contributed by atoms with van der Waals surface area (Å²) in [5, 5.41) is 3.44. The van der Waals surface area contributed by atoms with Gasteiger partial charge in [0.15, 0.2) is 0 Å². The molecule has 2 aromatic carbocycles. The third kappa shape index (κ3) is 4.64. The van der Waals surface area contributed by atoms with Crippen molar-refractivity contribution in [1.29, 1.82) is 0 Å². The van der Waals surface area contributed by atoms with Gasteiger partial charge in [0.1, 0.15) is 11.6 Å². The average Bonchev–Trinajstić information content (AvgIpc) is 2.51. The van der Waals surface area contributed by atoms with Crippen LogP contribution in [-0.2, 0) is 6.42 Å². The summed E-state index contributed by atoms with van der Waals surface area (Å²) in [5.41, 5.74) is 1.69. The van der Waals surface area contributed by atoms with Crippen LogP contribution < -0.4 is 5.32 Å². The molecule has 0 fully saturated rings. The lowest BCUT2D eigenvalue weighted by atomic mass is 9.99. The van der Waals surface area contributed by atoms with Crippen molar-refractivity contribution < 1.29 is 8.78 Å². The van der Waals surface area contributed by atoms with Gasteiger partial charge < -0.3 is 5.32 Å². The van der Waals surface area contributed by atoms with Crippen LogP contribution in [0.5, 0.6) is 0 Å². The number of rotatable bonds is 7. The van der Waals surface area contributed by atoms with Gasteiger partial charge in [-0.3, -0.25) is 0 Å². The molecule has 0 aliphatic rings. The van der Waals surface area contributed by atoms with Crippen LogP contribution in [0.3, 0.4) is 0 Å². The minimum atomic E-state index is -0.377. The molecule has 1 atom stereocenters. The van der Waals surface area contributed by atoms with E-state index in [9.17, 15) is 8.78 Å². The Morgan fingerprint density at radius 1 is 1.05 bits per heavy atom. The maximum Gasteiger partial charge on any atom is 0.126 e. The minimum absolute atomic E-state index is 0.257. The molecule has 0 bridgehead atoms. The van der Waals surface area contributed by atoms with E-state index < -0.39 is 0 Å². The van der Waals surface area contributed by atoms with E-state index in [2.05, 4.69) is 24.4 Å². The molecule has 0 saturated carbocycles.